The van der Waals surface area contributed by atoms with Crippen molar-refractivity contribution in [2.75, 3.05) is 16.4 Å². The Labute approximate surface area is 468 Å². The SMILES string of the molecule is Clc1nc2c(o1)C=[C+]C=C2.Nc1ccc(-c2n[nH]c(=O)c3ccccc23)cc1.O=c1[nH]nc(-c2ccc(Nc3nc4ccccc4o3)cc2)c2ccccc12.O=c1[nH]nc(-c2ccc(Nc3nc4ccccc4o3)cc2)c2ccccc12. The number of nitrogens with two attached hydrogens (primary N) is 1. The Bertz CT molecular complexity index is 4570. The summed E-state index contributed by atoms with van der Waals surface area (Å²) >= 11 is 5.49. The van der Waals surface area contributed by atoms with Gasteiger partial charge in [0.05, 0.1) is 39.3 Å². The Hall–Kier alpha value is -11.6. The number of hydrogen-bond donors (Lipinski definition) is 6. The number of H-pyrrole nitrogens is 3. The second-order valence-corrected chi connectivity index (χ2v) is 18.5. The van der Waals surface area contributed by atoms with E-state index in [1.165, 1.54) is 0 Å². The Morgan fingerprint density at radius 1 is 0.439 bits per heavy atom. The number of para-hydroxylation sites is 4. The number of benzene rings is 8. The third-order valence-electron chi connectivity index (χ3n) is 12.9. The van der Waals surface area contributed by atoms with Crippen LogP contribution in [0.3, 0.4) is 0 Å². The van der Waals surface area contributed by atoms with Crippen molar-refractivity contribution in [2.24, 2.45) is 0 Å². The van der Waals surface area contributed by atoms with E-state index >= 15 is 0 Å². The average molecular weight is 1100 g/mol. The Morgan fingerprint density at radius 3 is 1.22 bits per heavy atom. The number of oxazole rings is 3. The number of nitrogens with zero attached hydrogens (tertiary/aromatic N) is 6. The maximum atomic E-state index is 11.9. The van der Waals surface area contributed by atoms with Gasteiger partial charge < -0.3 is 29.6 Å². The minimum Gasteiger partial charge on any atom is -0.423 e. The molecule has 8 aromatic carbocycles. The van der Waals surface area contributed by atoms with Gasteiger partial charge in [-0.1, -0.05) is 115 Å². The predicted octanol–water partition coefficient (Wildman–Crippen LogP) is 13.3. The van der Waals surface area contributed by atoms with Crippen molar-refractivity contribution in [3.63, 3.8) is 0 Å². The van der Waals surface area contributed by atoms with Gasteiger partial charge in [0, 0.05) is 56.0 Å². The highest BCUT2D eigenvalue weighted by Crippen LogP contribution is 2.30. The van der Waals surface area contributed by atoms with E-state index in [4.69, 9.17) is 30.6 Å². The van der Waals surface area contributed by atoms with Crippen molar-refractivity contribution in [1.29, 1.82) is 0 Å². The summed E-state index contributed by atoms with van der Waals surface area (Å²) in [5.41, 5.74) is 16.3. The molecule has 6 aromatic heterocycles. The monoisotopic (exact) mass is 1100 g/mol. The van der Waals surface area contributed by atoms with Gasteiger partial charge in [0.1, 0.15) is 23.2 Å². The van der Waals surface area contributed by atoms with E-state index in [1.807, 2.05) is 176 Å². The fraction of sp³-hybridized carbons (Fsp3) is 0. The first-order chi connectivity index (χ1) is 40.2. The molecule has 0 radical (unpaired) electrons. The number of aromatic nitrogens is 9. The van der Waals surface area contributed by atoms with Gasteiger partial charge in [-0.3, -0.25) is 14.4 Å². The summed E-state index contributed by atoms with van der Waals surface area (Å²) in [5, 5.41) is 31.1. The minimum absolute atomic E-state index is 0.176. The normalized spacial score (nSPS) is 11.2. The second kappa shape index (κ2) is 22.8. The van der Waals surface area contributed by atoms with Crippen LogP contribution >= 0.6 is 11.6 Å². The van der Waals surface area contributed by atoms with Crippen LogP contribution in [-0.4, -0.2) is 45.5 Å². The van der Waals surface area contributed by atoms with E-state index in [0.717, 1.165) is 89.2 Å². The number of hydrogen-bond acceptors (Lipinski definition) is 15. The predicted molar refractivity (Wildman–Crippen MR) is 321 cm³/mol. The zero-order valence-corrected chi connectivity index (χ0v) is 43.6. The molecule has 0 amide bonds. The summed E-state index contributed by atoms with van der Waals surface area (Å²) in [5.74, 6) is 0.674. The van der Waals surface area contributed by atoms with E-state index in [-0.39, 0.29) is 22.0 Å². The van der Waals surface area contributed by atoms with Crippen LogP contribution in [0.5, 0.6) is 0 Å². The second-order valence-electron chi connectivity index (χ2n) is 18.2. The highest BCUT2D eigenvalue weighted by atomic mass is 35.5. The first-order valence-corrected chi connectivity index (χ1v) is 25.7. The lowest BCUT2D eigenvalue weighted by Gasteiger charge is -2.06. The number of nitrogen functional groups attached to an aromatic ring is 1. The molecule has 82 heavy (non-hydrogen) atoms. The van der Waals surface area contributed by atoms with Crippen LogP contribution in [0, 0.1) is 6.08 Å². The van der Waals surface area contributed by atoms with Crippen molar-refractivity contribution in [2.45, 2.75) is 0 Å². The summed E-state index contributed by atoms with van der Waals surface area (Å²) in [6.07, 6.45) is 8.12. The largest absolute Gasteiger partial charge is 0.423 e. The molecule has 0 atom stereocenters. The summed E-state index contributed by atoms with van der Waals surface area (Å²) in [4.78, 5) is 48.3. The molecule has 0 saturated carbocycles. The van der Waals surface area contributed by atoms with E-state index in [0.29, 0.717) is 39.6 Å². The number of aromatic amines is 3. The Kier molecular flexibility index (Phi) is 14.2. The Morgan fingerprint density at radius 2 is 0.817 bits per heavy atom. The van der Waals surface area contributed by atoms with Gasteiger partial charge in [-0.2, -0.15) is 30.2 Å². The highest BCUT2D eigenvalue weighted by molar-refractivity contribution is 6.27. The maximum Gasteiger partial charge on any atom is 0.309 e. The zero-order valence-electron chi connectivity index (χ0n) is 42.8. The van der Waals surface area contributed by atoms with E-state index in [9.17, 15) is 14.4 Å². The third-order valence-corrected chi connectivity index (χ3v) is 13.0. The van der Waals surface area contributed by atoms with Crippen LogP contribution in [0.4, 0.5) is 29.1 Å². The summed E-state index contributed by atoms with van der Waals surface area (Å²) in [7, 11) is 0. The number of anilines is 5. The minimum atomic E-state index is -0.191. The molecule has 1 aliphatic carbocycles. The van der Waals surface area contributed by atoms with Gasteiger partial charge in [0.25, 0.3) is 34.5 Å². The molecular formula is C63H42ClN12O6+. The first kappa shape index (κ1) is 51.2. The molecule has 1 aliphatic rings. The van der Waals surface area contributed by atoms with Crippen LogP contribution in [0.2, 0.25) is 5.35 Å². The maximum absolute atomic E-state index is 11.9. The molecule has 0 spiro atoms. The summed E-state index contributed by atoms with van der Waals surface area (Å²) in [6, 6.07) is 61.3. The van der Waals surface area contributed by atoms with Crippen molar-refractivity contribution >= 4 is 107 Å². The van der Waals surface area contributed by atoms with Gasteiger partial charge >= 0.3 is 5.35 Å². The number of allylic oxidation sites excluding steroid dienone is 2. The molecule has 7 N–H and O–H groups in total. The van der Waals surface area contributed by atoms with Gasteiger partial charge in [-0.15, -0.1) is 0 Å². The van der Waals surface area contributed by atoms with Crippen molar-refractivity contribution in [3.8, 4) is 33.8 Å². The smallest absolute Gasteiger partial charge is 0.309 e. The average Bonchev–Trinajstić information content (AvgIpc) is 4.37. The molecule has 19 heteroatoms. The van der Waals surface area contributed by atoms with Crippen LogP contribution in [-0.2, 0) is 0 Å². The molecule has 15 rings (SSSR count). The topological polar surface area (TPSA) is 265 Å². The molecule has 0 bridgehead atoms. The van der Waals surface area contributed by atoms with Crippen LogP contribution in [0.15, 0.2) is 228 Å². The number of nitrogens with one attached hydrogen (secondary N) is 5. The highest BCUT2D eigenvalue weighted by Gasteiger charge is 2.17. The van der Waals surface area contributed by atoms with Gasteiger partial charge in [0.15, 0.2) is 11.2 Å². The van der Waals surface area contributed by atoms with Crippen molar-refractivity contribution in [1.82, 2.24) is 45.5 Å². The summed E-state index contributed by atoms with van der Waals surface area (Å²) < 4.78 is 16.4. The lowest BCUT2D eigenvalue weighted by molar-refractivity contribution is 0.550. The fourth-order valence-electron chi connectivity index (χ4n) is 8.96. The molecule has 6 heterocycles. The fourth-order valence-corrected chi connectivity index (χ4v) is 9.13. The van der Waals surface area contributed by atoms with Crippen LogP contribution in [0.1, 0.15) is 11.5 Å². The molecule has 0 saturated heterocycles. The molecule has 0 aliphatic heterocycles. The number of rotatable bonds is 7. The Balaban J connectivity index is 0.000000114. The van der Waals surface area contributed by atoms with E-state index < -0.39 is 0 Å². The lowest BCUT2D eigenvalue weighted by Crippen LogP contribution is -2.09. The standard InChI is InChI=1S/2C21H14N4O2.C14H11N3O.C7H3ClNO/c2*26-20-16-6-2-1-5-15(16)19(24-25-20)13-9-11-14(12-10-13)22-21-23-17-7-3-4-8-18(17)27-21;15-10-7-5-9(6-8-10)13-11-3-1-2-4-12(11)14(18)17-16-13;8-7-9-5-3-1-2-4-6(5)10-7/h2*1-12H,(H,22,23)(H,25,26);1-8H,15H2,(H,17,18);1,3-4H/q;;;+1. The van der Waals surface area contributed by atoms with Gasteiger partial charge in [0.2, 0.25) is 5.69 Å². The molecular weight excluding hydrogens is 1060 g/mol. The van der Waals surface area contributed by atoms with Crippen LogP contribution in [0.25, 0.3) is 100 Å². The molecule has 0 fully saturated rings. The molecule has 0 unspecified atom stereocenters. The molecule has 14 aromatic rings. The lowest BCUT2D eigenvalue weighted by atomic mass is 10.0. The first-order valence-electron chi connectivity index (χ1n) is 25.3. The number of halogens is 1. The quantitative estimate of drug-likeness (QED) is 0.0640. The van der Waals surface area contributed by atoms with Crippen LogP contribution < -0.4 is 33.0 Å². The third kappa shape index (κ3) is 11.1. The van der Waals surface area contributed by atoms with E-state index in [2.05, 4.69) is 62.3 Å². The van der Waals surface area contributed by atoms with Gasteiger partial charge in [-0.25, -0.2) is 15.3 Å². The van der Waals surface area contributed by atoms with Crippen molar-refractivity contribution in [3.05, 3.63) is 254 Å². The molecule has 18 nitrogen and oxygen atoms in total. The summed E-state index contributed by atoms with van der Waals surface area (Å²) in [6.45, 7) is 0. The molecule has 396 valence electrons. The van der Waals surface area contributed by atoms with Crippen molar-refractivity contribution < 1.29 is 13.3 Å². The number of fused-ring (bicyclic) bond motifs is 6. The van der Waals surface area contributed by atoms with E-state index in [1.54, 1.807) is 36.4 Å². The zero-order chi connectivity index (χ0) is 55.9. The van der Waals surface area contributed by atoms with Gasteiger partial charge in [-0.05, 0) is 90.5 Å².